The smallest absolute Gasteiger partial charge is 0.288 e. The normalized spacial score (nSPS) is 11.2. The molecule has 0 saturated carbocycles. The number of tetrazole rings is 1. The number of halogens is 2. The molecule has 0 aliphatic heterocycles. The van der Waals surface area contributed by atoms with Gasteiger partial charge in [0.2, 0.25) is 11.7 Å². The molecule has 2 aromatic carbocycles. The average molecular weight is 403 g/mol. The number of hydrogen-bond acceptors (Lipinski definition) is 5. The molecule has 3 rings (SSSR count). The number of aromatic nitrogens is 4. The number of carbonyl (C=O) groups excluding carboxylic acids is 1. The van der Waals surface area contributed by atoms with Crippen molar-refractivity contribution in [1.82, 2.24) is 20.2 Å². The van der Waals surface area contributed by atoms with Gasteiger partial charge in [0.25, 0.3) is 5.76 Å². The van der Waals surface area contributed by atoms with Crippen LogP contribution in [-0.4, -0.2) is 31.9 Å². The van der Waals surface area contributed by atoms with Gasteiger partial charge in [-0.15, -0.1) is 10.2 Å². The Morgan fingerprint density at radius 1 is 1.14 bits per heavy atom. The number of rotatable bonds is 7. The van der Waals surface area contributed by atoms with Gasteiger partial charge < -0.3 is 5.32 Å². The fourth-order valence-corrected chi connectivity index (χ4v) is 3.12. The summed E-state index contributed by atoms with van der Waals surface area (Å²) in [5.41, 5.74) is 2.33. The first-order valence-corrected chi connectivity index (χ1v) is 9.52. The highest BCUT2D eigenvalue weighted by atomic mass is 32.2. The molecular formula is C19H19F2N5OS. The van der Waals surface area contributed by atoms with Gasteiger partial charge >= 0.3 is 0 Å². The second-order valence-electron chi connectivity index (χ2n) is 6.34. The summed E-state index contributed by atoms with van der Waals surface area (Å²) in [4.78, 5) is 13.7. The maximum absolute atomic E-state index is 12.6. The Bertz CT molecular complexity index is 944. The van der Waals surface area contributed by atoms with Crippen LogP contribution in [0.25, 0.3) is 11.4 Å². The minimum Gasteiger partial charge on any atom is -0.323 e. The number of benzene rings is 2. The van der Waals surface area contributed by atoms with Crippen LogP contribution in [0.4, 0.5) is 14.5 Å². The van der Waals surface area contributed by atoms with Gasteiger partial charge in [-0.25, -0.2) is 0 Å². The molecule has 1 N–H and O–H groups in total. The maximum atomic E-state index is 12.6. The van der Waals surface area contributed by atoms with Crippen LogP contribution in [0.2, 0.25) is 0 Å². The van der Waals surface area contributed by atoms with Crippen LogP contribution in [-0.2, 0) is 11.3 Å². The predicted octanol–water partition coefficient (Wildman–Crippen LogP) is 4.42. The number of amides is 1. The van der Waals surface area contributed by atoms with Crippen molar-refractivity contribution in [3.05, 3.63) is 54.1 Å². The summed E-state index contributed by atoms with van der Waals surface area (Å²) in [5.74, 6) is -2.16. The summed E-state index contributed by atoms with van der Waals surface area (Å²) in [5, 5.41) is 14.7. The van der Waals surface area contributed by atoms with Crippen molar-refractivity contribution in [1.29, 1.82) is 0 Å². The fourth-order valence-electron chi connectivity index (χ4n) is 2.53. The third-order valence-electron chi connectivity index (χ3n) is 3.95. The summed E-state index contributed by atoms with van der Waals surface area (Å²) in [7, 11) is 0. The van der Waals surface area contributed by atoms with Gasteiger partial charge in [-0.2, -0.15) is 13.6 Å². The zero-order valence-electron chi connectivity index (χ0n) is 15.3. The Labute approximate surface area is 165 Å². The maximum Gasteiger partial charge on any atom is 0.288 e. The number of carbonyl (C=O) groups is 1. The molecule has 0 radical (unpaired) electrons. The third kappa shape index (κ3) is 5.13. The lowest BCUT2D eigenvalue weighted by atomic mass is 10.0. The standard InChI is InChI=1S/C19H19F2N5OS/c1-12(2)13-7-9-14(10-8-13)18-23-25-26(24-18)11-17(27)22-15-5-3-4-6-16(15)28-19(20)21/h3-10,12,19H,11H2,1-2H3,(H,22,27). The molecule has 0 unspecified atom stereocenters. The number of thioether (sulfide) groups is 1. The number of para-hydroxylation sites is 1. The number of anilines is 1. The van der Waals surface area contributed by atoms with Crippen LogP contribution in [0.1, 0.15) is 25.3 Å². The van der Waals surface area contributed by atoms with Crippen molar-refractivity contribution in [2.24, 2.45) is 0 Å². The van der Waals surface area contributed by atoms with Gasteiger partial charge in [-0.1, -0.05) is 62.0 Å². The van der Waals surface area contributed by atoms with Crippen molar-refractivity contribution >= 4 is 23.4 Å². The number of nitrogens with one attached hydrogen (secondary N) is 1. The van der Waals surface area contributed by atoms with E-state index in [9.17, 15) is 13.6 Å². The Kier molecular flexibility index (Phi) is 6.35. The van der Waals surface area contributed by atoms with Crippen molar-refractivity contribution in [2.75, 3.05) is 5.32 Å². The SMILES string of the molecule is CC(C)c1ccc(-c2nnn(CC(=O)Nc3ccccc3SC(F)F)n2)cc1. The van der Waals surface area contributed by atoms with Crippen molar-refractivity contribution in [3.8, 4) is 11.4 Å². The molecule has 6 nitrogen and oxygen atoms in total. The van der Waals surface area contributed by atoms with Crippen LogP contribution in [0, 0.1) is 0 Å². The van der Waals surface area contributed by atoms with E-state index in [0.717, 1.165) is 5.56 Å². The highest BCUT2D eigenvalue weighted by molar-refractivity contribution is 7.99. The van der Waals surface area contributed by atoms with Crippen molar-refractivity contribution < 1.29 is 13.6 Å². The first kappa shape index (κ1) is 19.9. The van der Waals surface area contributed by atoms with Crippen LogP contribution in [0.15, 0.2) is 53.4 Å². The molecule has 0 spiro atoms. The second-order valence-corrected chi connectivity index (χ2v) is 7.37. The van der Waals surface area contributed by atoms with Crippen LogP contribution >= 0.6 is 11.8 Å². The minimum absolute atomic E-state index is 0.176. The van der Waals surface area contributed by atoms with Gasteiger partial charge in [0.1, 0.15) is 6.54 Å². The summed E-state index contributed by atoms with van der Waals surface area (Å²) in [6.07, 6.45) is 0. The molecule has 0 saturated heterocycles. The average Bonchev–Trinajstić information content (AvgIpc) is 3.11. The monoisotopic (exact) mass is 403 g/mol. The first-order chi connectivity index (χ1) is 13.4. The molecule has 28 heavy (non-hydrogen) atoms. The van der Waals surface area contributed by atoms with Crippen LogP contribution < -0.4 is 5.32 Å². The largest absolute Gasteiger partial charge is 0.323 e. The second kappa shape index (κ2) is 8.92. The summed E-state index contributed by atoms with van der Waals surface area (Å²) in [6, 6.07) is 14.2. The van der Waals surface area contributed by atoms with E-state index in [2.05, 4.69) is 34.6 Å². The van der Waals surface area contributed by atoms with Gasteiger partial charge in [0.05, 0.1) is 5.69 Å². The van der Waals surface area contributed by atoms with Gasteiger partial charge in [-0.05, 0) is 28.8 Å². The summed E-state index contributed by atoms with van der Waals surface area (Å²) >= 11 is 0.379. The molecule has 0 aliphatic rings. The Morgan fingerprint density at radius 3 is 2.54 bits per heavy atom. The Hall–Kier alpha value is -2.81. The molecule has 9 heteroatoms. The Balaban J connectivity index is 1.66. The van der Waals surface area contributed by atoms with Gasteiger partial charge in [0, 0.05) is 10.5 Å². The number of hydrogen-bond donors (Lipinski definition) is 1. The number of nitrogens with zero attached hydrogens (tertiary/aromatic N) is 4. The Morgan fingerprint density at radius 2 is 1.86 bits per heavy atom. The molecule has 0 bridgehead atoms. The fraction of sp³-hybridized carbons (Fsp3) is 0.263. The minimum atomic E-state index is -2.57. The van der Waals surface area contributed by atoms with E-state index < -0.39 is 11.7 Å². The molecule has 0 aliphatic carbocycles. The lowest BCUT2D eigenvalue weighted by molar-refractivity contribution is -0.117. The van der Waals surface area contributed by atoms with E-state index in [4.69, 9.17) is 0 Å². The summed E-state index contributed by atoms with van der Waals surface area (Å²) in [6.45, 7) is 4.05. The van der Waals surface area contributed by atoms with E-state index >= 15 is 0 Å². The molecule has 1 amide bonds. The van der Waals surface area contributed by atoms with E-state index in [1.54, 1.807) is 18.2 Å². The van der Waals surface area contributed by atoms with Gasteiger partial charge in [0.15, 0.2) is 0 Å². The van der Waals surface area contributed by atoms with Crippen molar-refractivity contribution in [2.45, 2.75) is 37.0 Å². The molecular weight excluding hydrogens is 384 g/mol. The highest BCUT2D eigenvalue weighted by Gasteiger charge is 2.14. The van der Waals surface area contributed by atoms with E-state index in [1.807, 2.05) is 24.3 Å². The lowest BCUT2D eigenvalue weighted by Crippen LogP contribution is -2.20. The quantitative estimate of drug-likeness (QED) is 0.592. The topological polar surface area (TPSA) is 72.7 Å². The van der Waals surface area contributed by atoms with Crippen LogP contribution in [0.3, 0.4) is 0 Å². The highest BCUT2D eigenvalue weighted by Crippen LogP contribution is 2.31. The zero-order valence-corrected chi connectivity index (χ0v) is 16.2. The molecule has 0 atom stereocenters. The van der Waals surface area contributed by atoms with Gasteiger partial charge in [-0.3, -0.25) is 4.79 Å². The molecule has 146 valence electrons. The predicted molar refractivity (Wildman–Crippen MR) is 104 cm³/mol. The molecule has 1 heterocycles. The first-order valence-electron chi connectivity index (χ1n) is 8.64. The van der Waals surface area contributed by atoms with E-state index in [1.165, 1.54) is 16.4 Å². The zero-order chi connectivity index (χ0) is 20.1. The summed E-state index contributed by atoms with van der Waals surface area (Å²) < 4.78 is 25.3. The van der Waals surface area contributed by atoms with E-state index in [0.29, 0.717) is 34.1 Å². The number of alkyl halides is 2. The lowest BCUT2D eigenvalue weighted by Gasteiger charge is -2.09. The van der Waals surface area contributed by atoms with Crippen molar-refractivity contribution in [3.63, 3.8) is 0 Å². The molecule has 3 aromatic rings. The van der Waals surface area contributed by atoms with Crippen LogP contribution in [0.5, 0.6) is 0 Å². The molecule has 1 aromatic heterocycles. The third-order valence-corrected chi connectivity index (χ3v) is 4.74. The molecule has 0 fully saturated rings. The van der Waals surface area contributed by atoms with E-state index in [-0.39, 0.29) is 6.54 Å².